The first-order chi connectivity index (χ1) is 10.9. The highest BCUT2D eigenvalue weighted by Crippen LogP contribution is 2.14. The maximum Gasteiger partial charge on any atom is 0.0760 e. The van der Waals surface area contributed by atoms with E-state index in [1.807, 2.05) is 45.9 Å². The number of aliphatic hydroxyl groups is 3. The van der Waals surface area contributed by atoms with Gasteiger partial charge < -0.3 is 15.3 Å². The molecule has 23 heavy (non-hydrogen) atoms. The summed E-state index contributed by atoms with van der Waals surface area (Å²) >= 11 is 0. The molecule has 0 radical (unpaired) electrons. The Bertz CT molecular complexity index is 442. The van der Waals surface area contributed by atoms with E-state index in [0.717, 1.165) is 31.3 Å². The van der Waals surface area contributed by atoms with Crippen molar-refractivity contribution < 1.29 is 15.3 Å². The van der Waals surface area contributed by atoms with Crippen LogP contribution in [0.3, 0.4) is 0 Å². The molecule has 0 aliphatic carbocycles. The van der Waals surface area contributed by atoms with E-state index in [0.29, 0.717) is 6.42 Å². The number of aliphatic hydroxyl groups excluding tert-OH is 3. The fraction of sp³-hybridized carbons (Fsp3) is 0.600. The molecule has 0 spiro atoms. The molecule has 0 aromatic carbocycles. The minimum atomic E-state index is -0.441. The van der Waals surface area contributed by atoms with Crippen molar-refractivity contribution in [3.05, 3.63) is 46.6 Å². The minimum Gasteiger partial charge on any atom is -0.392 e. The van der Waals surface area contributed by atoms with E-state index in [4.69, 9.17) is 10.2 Å². The molecule has 0 rings (SSSR count). The van der Waals surface area contributed by atoms with Crippen LogP contribution in [-0.2, 0) is 0 Å². The summed E-state index contributed by atoms with van der Waals surface area (Å²) in [5.74, 6) is 0. The lowest BCUT2D eigenvalue weighted by molar-refractivity contribution is 0.222. The van der Waals surface area contributed by atoms with Gasteiger partial charge in [0.2, 0.25) is 0 Å². The van der Waals surface area contributed by atoms with Crippen molar-refractivity contribution >= 4 is 0 Å². The van der Waals surface area contributed by atoms with Crippen molar-refractivity contribution in [1.82, 2.24) is 0 Å². The summed E-state index contributed by atoms with van der Waals surface area (Å²) in [6.07, 6.45) is 11.9. The Morgan fingerprint density at radius 2 is 1.35 bits per heavy atom. The molecule has 0 aromatic rings. The molecule has 3 heteroatoms. The molecule has 0 aliphatic rings. The van der Waals surface area contributed by atoms with E-state index in [-0.39, 0.29) is 13.2 Å². The van der Waals surface area contributed by atoms with Crippen LogP contribution in [-0.4, -0.2) is 34.6 Å². The Balaban J connectivity index is 4.22. The van der Waals surface area contributed by atoms with Gasteiger partial charge in [0, 0.05) is 0 Å². The fourth-order valence-electron chi connectivity index (χ4n) is 2.30. The second kappa shape index (κ2) is 13.3. The van der Waals surface area contributed by atoms with Crippen molar-refractivity contribution in [2.75, 3.05) is 13.2 Å². The molecular weight excluding hydrogens is 288 g/mol. The summed E-state index contributed by atoms with van der Waals surface area (Å²) in [6.45, 7) is 8.23. The summed E-state index contributed by atoms with van der Waals surface area (Å²) in [6, 6.07) is 0. The first-order valence-electron chi connectivity index (χ1n) is 8.43. The summed E-state index contributed by atoms with van der Waals surface area (Å²) in [5, 5.41) is 27.9. The van der Waals surface area contributed by atoms with Gasteiger partial charge >= 0.3 is 0 Å². The third-order valence-electron chi connectivity index (χ3n) is 3.76. The normalized spacial score (nSPS) is 16.0. The zero-order chi connectivity index (χ0) is 17.7. The first kappa shape index (κ1) is 21.8. The second-order valence-electron chi connectivity index (χ2n) is 6.35. The smallest absolute Gasteiger partial charge is 0.0760 e. The molecular formula is C20H34O3. The van der Waals surface area contributed by atoms with Gasteiger partial charge in [-0.05, 0) is 59.8 Å². The SMILES string of the molecule is CC(=CCCC(C)=CC(O)CC(C)=CCCC(C)=CCO)CO. The quantitative estimate of drug-likeness (QED) is 0.503. The van der Waals surface area contributed by atoms with Gasteiger partial charge in [-0.2, -0.15) is 0 Å². The number of rotatable bonds is 11. The number of hydrogen-bond donors (Lipinski definition) is 3. The zero-order valence-corrected chi connectivity index (χ0v) is 15.2. The Morgan fingerprint density at radius 3 is 1.91 bits per heavy atom. The van der Waals surface area contributed by atoms with E-state index in [1.165, 1.54) is 16.7 Å². The lowest BCUT2D eigenvalue weighted by Gasteiger charge is -2.09. The number of allylic oxidation sites excluding steroid dienone is 4. The zero-order valence-electron chi connectivity index (χ0n) is 15.2. The van der Waals surface area contributed by atoms with E-state index < -0.39 is 6.10 Å². The Hall–Kier alpha value is -1.16. The second-order valence-corrected chi connectivity index (χ2v) is 6.35. The molecule has 1 unspecified atom stereocenters. The van der Waals surface area contributed by atoms with E-state index in [9.17, 15) is 5.11 Å². The number of hydrogen-bond acceptors (Lipinski definition) is 3. The van der Waals surface area contributed by atoms with Gasteiger partial charge in [-0.25, -0.2) is 0 Å². The van der Waals surface area contributed by atoms with Crippen LogP contribution in [0.15, 0.2) is 46.6 Å². The Kier molecular flexibility index (Phi) is 12.6. The van der Waals surface area contributed by atoms with Crippen LogP contribution in [0.25, 0.3) is 0 Å². The molecule has 0 aliphatic heterocycles. The molecule has 0 heterocycles. The highest BCUT2D eigenvalue weighted by atomic mass is 16.3. The molecule has 0 bridgehead atoms. The predicted molar refractivity (Wildman–Crippen MR) is 98.3 cm³/mol. The Labute approximate surface area is 141 Å². The van der Waals surface area contributed by atoms with Crippen molar-refractivity contribution in [3.8, 4) is 0 Å². The van der Waals surface area contributed by atoms with Gasteiger partial charge in [-0.15, -0.1) is 0 Å². The summed E-state index contributed by atoms with van der Waals surface area (Å²) in [7, 11) is 0. The van der Waals surface area contributed by atoms with Gasteiger partial charge in [0.05, 0.1) is 19.3 Å². The largest absolute Gasteiger partial charge is 0.392 e. The summed E-state index contributed by atoms with van der Waals surface area (Å²) in [4.78, 5) is 0. The van der Waals surface area contributed by atoms with E-state index in [1.54, 1.807) is 0 Å². The minimum absolute atomic E-state index is 0.102. The molecule has 3 nitrogen and oxygen atoms in total. The summed E-state index contributed by atoms with van der Waals surface area (Å²) in [5.41, 5.74) is 4.55. The highest BCUT2D eigenvalue weighted by molar-refractivity contribution is 5.10. The van der Waals surface area contributed by atoms with Crippen LogP contribution in [0.4, 0.5) is 0 Å². The molecule has 0 fully saturated rings. The van der Waals surface area contributed by atoms with Gasteiger partial charge in [0.15, 0.2) is 0 Å². The monoisotopic (exact) mass is 322 g/mol. The van der Waals surface area contributed by atoms with Crippen molar-refractivity contribution in [3.63, 3.8) is 0 Å². The molecule has 3 N–H and O–H groups in total. The van der Waals surface area contributed by atoms with Crippen LogP contribution in [0.2, 0.25) is 0 Å². The van der Waals surface area contributed by atoms with Gasteiger partial charge in [0.25, 0.3) is 0 Å². The molecule has 0 aromatic heterocycles. The maximum absolute atomic E-state index is 10.1. The fourth-order valence-corrected chi connectivity index (χ4v) is 2.30. The van der Waals surface area contributed by atoms with Gasteiger partial charge in [0.1, 0.15) is 0 Å². The van der Waals surface area contributed by atoms with E-state index >= 15 is 0 Å². The molecule has 132 valence electrons. The highest BCUT2D eigenvalue weighted by Gasteiger charge is 2.02. The summed E-state index contributed by atoms with van der Waals surface area (Å²) < 4.78 is 0. The lowest BCUT2D eigenvalue weighted by atomic mass is 10.0. The van der Waals surface area contributed by atoms with E-state index in [2.05, 4.69) is 6.08 Å². The molecule has 0 saturated heterocycles. The van der Waals surface area contributed by atoms with Crippen LogP contribution in [0.5, 0.6) is 0 Å². The lowest BCUT2D eigenvalue weighted by Crippen LogP contribution is -2.04. The van der Waals surface area contributed by atoms with Gasteiger partial charge in [-0.3, -0.25) is 0 Å². The average molecular weight is 322 g/mol. The molecule has 0 saturated carbocycles. The standard InChI is InChI=1S/C20H34O3/c1-16(11-12-21)7-5-8-17(2)13-20(23)14-18(3)9-6-10-19(4)15-22/h8,10-11,14,20-23H,5-7,9,12-13,15H2,1-4H3. The van der Waals surface area contributed by atoms with Crippen LogP contribution in [0, 0.1) is 0 Å². The predicted octanol–water partition coefficient (Wildman–Crippen LogP) is 4.07. The van der Waals surface area contributed by atoms with Crippen LogP contribution < -0.4 is 0 Å². The van der Waals surface area contributed by atoms with Gasteiger partial charge in [-0.1, -0.05) is 46.6 Å². The average Bonchev–Trinajstić information content (AvgIpc) is 2.46. The van der Waals surface area contributed by atoms with Crippen molar-refractivity contribution in [2.45, 2.75) is 65.9 Å². The molecule has 1 atom stereocenters. The van der Waals surface area contributed by atoms with Crippen LogP contribution >= 0.6 is 0 Å². The molecule has 0 amide bonds. The van der Waals surface area contributed by atoms with Crippen molar-refractivity contribution in [2.24, 2.45) is 0 Å². The third-order valence-corrected chi connectivity index (χ3v) is 3.76. The topological polar surface area (TPSA) is 60.7 Å². The van der Waals surface area contributed by atoms with Crippen molar-refractivity contribution in [1.29, 1.82) is 0 Å². The third kappa shape index (κ3) is 13.0. The first-order valence-corrected chi connectivity index (χ1v) is 8.43. The maximum atomic E-state index is 10.1. The Morgan fingerprint density at radius 1 is 0.783 bits per heavy atom. The van der Waals surface area contributed by atoms with Crippen LogP contribution in [0.1, 0.15) is 59.8 Å².